The number of hydrogen-bond donors (Lipinski definition) is 3. The summed E-state index contributed by atoms with van der Waals surface area (Å²) in [6, 6.07) is 3.00. The maximum atomic E-state index is 10.6. The van der Waals surface area contributed by atoms with E-state index in [0.29, 0.717) is 23.1 Å². The third kappa shape index (κ3) is 2.27. The minimum atomic E-state index is -1.53. The maximum Gasteiger partial charge on any atom is 0.337 e. The number of aromatic hydroxyl groups is 1. The number of aliphatic hydroxyl groups excluding tert-OH is 1. The summed E-state index contributed by atoms with van der Waals surface area (Å²) in [5.74, 6) is -1.15. The zero-order valence-corrected chi connectivity index (χ0v) is 8.69. The van der Waals surface area contributed by atoms with E-state index in [1.54, 1.807) is 6.92 Å². The predicted octanol–water partition coefficient (Wildman–Crippen LogP) is 1.38. The Balaban J connectivity index is 3.24. The molecule has 0 saturated heterocycles. The van der Waals surface area contributed by atoms with E-state index in [9.17, 15) is 15.0 Å². The molecule has 3 N–H and O–H groups in total. The van der Waals surface area contributed by atoms with Crippen LogP contribution in [0.2, 0.25) is 0 Å². The second kappa shape index (κ2) is 4.31. The SMILES string of the molecule is CCc1cc(C(O)C(=O)O)c(C)cc1O. The lowest BCUT2D eigenvalue weighted by atomic mass is 9.98. The molecule has 15 heavy (non-hydrogen) atoms. The van der Waals surface area contributed by atoms with E-state index in [1.165, 1.54) is 12.1 Å². The van der Waals surface area contributed by atoms with Crippen molar-refractivity contribution in [2.24, 2.45) is 0 Å². The zero-order valence-electron chi connectivity index (χ0n) is 8.69. The highest BCUT2D eigenvalue weighted by Crippen LogP contribution is 2.26. The Morgan fingerprint density at radius 1 is 1.47 bits per heavy atom. The van der Waals surface area contributed by atoms with Gasteiger partial charge in [-0.25, -0.2) is 4.79 Å². The lowest BCUT2D eigenvalue weighted by Crippen LogP contribution is -2.12. The number of carbonyl (C=O) groups is 1. The number of aryl methyl sites for hydroxylation is 2. The number of rotatable bonds is 3. The Hall–Kier alpha value is -1.55. The number of carboxylic acids is 1. The molecule has 1 unspecified atom stereocenters. The first-order chi connectivity index (χ1) is 6.97. The van der Waals surface area contributed by atoms with Crippen molar-refractivity contribution in [2.45, 2.75) is 26.4 Å². The Morgan fingerprint density at radius 2 is 2.07 bits per heavy atom. The molecular weight excluding hydrogens is 196 g/mol. The standard InChI is InChI=1S/C11H14O4/c1-3-7-5-8(10(13)11(14)15)6(2)4-9(7)12/h4-5,10,12-13H,3H2,1-2H3,(H,14,15). The van der Waals surface area contributed by atoms with Gasteiger partial charge in [0, 0.05) is 0 Å². The average molecular weight is 210 g/mol. The van der Waals surface area contributed by atoms with Crippen molar-refractivity contribution in [3.8, 4) is 5.75 Å². The summed E-state index contributed by atoms with van der Waals surface area (Å²) < 4.78 is 0. The fourth-order valence-electron chi connectivity index (χ4n) is 1.47. The molecule has 4 nitrogen and oxygen atoms in total. The van der Waals surface area contributed by atoms with E-state index in [4.69, 9.17) is 5.11 Å². The van der Waals surface area contributed by atoms with E-state index in [1.807, 2.05) is 6.92 Å². The zero-order chi connectivity index (χ0) is 11.6. The number of aliphatic hydroxyl groups is 1. The second-order valence-corrected chi connectivity index (χ2v) is 3.43. The average Bonchev–Trinajstić information content (AvgIpc) is 2.17. The first-order valence-corrected chi connectivity index (χ1v) is 4.70. The molecule has 0 spiro atoms. The van der Waals surface area contributed by atoms with Gasteiger partial charge in [0.1, 0.15) is 5.75 Å². The van der Waals surface area contributed by atoms with Gasteiger partial charge in [0.15, 0.2) is 6.10 Å². The lowest BCUT2D eigenvalue weighted by molar-refractivity contribution is -0.147. The topological polar surface area (TPSA) is 77.8 Å². The molecule has 82 valence electrons. The van der Waals surface area contributed by atoms with Gasteiger partial charge in [-0.05, 0) is 42.2 Å². The molecule has 0 saturated carbocycles. The van der Waals surface area contributed by atoms with Crippen LogP contribution >= 0.6 is 0 Å². The van der Waals surface area contributed by atoms with Gasteiger partial charge in [0.05, 0.1) is 0 Å². The molecule has 1 aromatic rings. The van der Waals surface area contributed by atoms with E-state index in [-0.39, 0.29) is 5.75 Å². The first-order valence-electron chi connectivity index (χ1n) is 4.70. The molecular formula is C11H14O4. The van der Waals surface area contributed by atoms with Crippen molar-refractivity contribution in [3.63, 3.8) is 0 Å². The van der Waals surface area contributed by atoms with Gasteiger partial charge in [-0.3, -0.25) is 0 Å². The van der Waals surface area contributed by atoms with Crippen LogP contribution < -0.4 is 0 Å². The number of aliphatic carboxylic acids is 1. The molecule has 1 aromatic carbocycles. The van der Waals surface area contributed by atoms with Crippen molar-refractivity contribution in [3.05, 3.63) is 28.8 Å². The fourth-order valence-corrected chi connectivity index (χ4v) is 1.47. The minimum Gasteiger partial charge on any atom is -0.508 e. The number of phenolic OH excluding ortho intramolecular Hbond substituents is 1. The Labute approximate surface area is 87.8 Å². The highest BCUT2D eigenvalue weighted by atomic mass is 16.4. The third-order valence-electron chi connectivity index (χ3n) is 2.38. The smallest absolute Gasteiger partial charge is 0.337 e. The normalized spacial score (nSPS) is 12.5. The van der Waals surface area contributed by atoms with Crippen molar-refractivity contribution in [1.29, 1.82) is 0 Å². The highest BCUT2D eigenvalue weighted by molar-refractivity contribution is 5.74. The number of hydrogen-bond acceptors (Lipinski definition) is 3. The summed E-state index contributed by atoms with van der Waals surface area (Å²) in [5, 5.41) is 27.6. The number of benzene rings is 1. The van der Waals surface area contributed by atoms with Crippen molar-refractivity contribution < 1.29 is 20.1 Å². The van der Waals surface area contributed by atoms with Gasteiger partial charge in [-0.15, -0.1) is 0 Å². The van der Waals surface area contributed by atoms with Crippen molar-refractivity contribution in [2.75, 3.05) is 0 Å². The maximum absolute atomic E-state index is 10.6. The molecule has 0 aliphatic rings. The van der Waals surface area contributed by atoms with Crippen LogP contribution in [0.4, 0.5) is 0 Å². The van der Waals surface area contributed by atoms with E-state index >= 15 is 0 Å². The molecule has 1 atom stereocenters. The van der Waals surface area contributed by atoms with Gasteiger partial charge >= 0.3 is 5.97 Å². The van der Waals surface area contributed by atoms with E-state index < -0.39 is 12.1 Å². The van der Waals surface area contributed by atoms with Crippen LogP contribution in [0.15, 0.2) is 12.1 Å². The third-order valence-corrected chi connectivity index (χ3v) is 2.38. The van der Waals surface area contributed by atoms with Gasteiger partial charge in [-0.1, -0.05) is 6.92 Å². The van der Waals surface area contributed by atoms with Crippen LogP contribution in [0.3, 0.4) is 0 Å². The Kier molecular flexibility index (Phi) is 3.31. The summed E-state index contributed by atoms with van der Waals surface area (Å²) in [4.78, 5) is 10.6. The van der Waals surface area contributed by atoms with Crippen LogP contribution in [0.5, 0.6) is 5.75 Å². The molecule has 0 amide bonds. The Morgan fingerprint density at radius 3 is 2.53 bits per heavy atom. The van der Waals surface area contributed by atoms with Gasteiger partial charge < -0.3 is 15.3 Å². The molecule has 0 radical (unpaired) electrons. The summed E-state index contributed by atoms with van der Waals surface area (Å²) in [5.41, 5.74) is 1.53. The van der Waals surface area contributed by atoms with Gasteiger partial charge in [0.25, 0.3) is 0 Å². The first kappa shape index (κ1) is 11.5. The van der Waals surface area contributed by atoms with Crippen LogP contribution in [-0.4, -0.2) is 21.3 Å². The van der Waals surface area contributed by atoms with Crippen LogP contribution in [0, 0.1) is 6.92 Å². The molecule has 0 bridgehead atoms. The largest absolute Gasteiger partial charge is 0.508 e. The Bertz CT molecular complexity index is 384. The molecule has 0 aliphatic heterocycles. The van der Waals surface area contributed by atoms with Crippen LogP contribution in [0.1, 0.15) is 29.7 Å². The molecule has 0 aliphatic carbocycles. The molecule has 1 rings (SSSR count). The lowest BCUT2D eigenvalue weighted by Gasteiger charge is -2.12. The van der Waals surface area contributed by atoms with Crippen LogP contribution in [0.25, 0.3) is 0 Å². The molecule has 0 heterocycles. The van der Waals surface area contributed by atoms with Gasteiger partial charge in [-0.2, -0.15) is 0 Å². The molecule has 0 fully saturated rings. The summed E-state index contributed by atoms with van der Waals surface area (Å²) in [6.07, 6.45) is -0.943. The van der Waals surface area contributed by atoms with Crippen LogP contribution in [-0.2, 0) is 11.2 Å². The summed E-state index contributed by atoms with van der Waals surface area (Å²) in [7, 11) is 0. The van der Waals surface area contributed by atoms with Crippen molar-refractivity contribution in [1.82, 2.24) is 0 Å². The minimum absolute atomic E-state index is 0.135. The molecule has 0 aromatic heterocycles. The molecule has 4 heteroatoms. The monoisotopic (exact) mass is 210 g/mol. The van der Waals surface area contributed by atoms with E-state index in [2.05, 4.69) is 0 Å². The quantitative estimate of drug-likeness (QED) is 0.704. The van der Waals surface area contributed by atoms with E-state index in [0.717, 1.165) is 0 Å². The summed E-state index contributed by atoms with van der Waals surface area (Å²) in [6.45, 7) is 3.50. The number of carboxylic acid groups (broad SMARTS) is 1. The number of phenols is 1. The highest BCUT2D eigenvalue weighted by Gasteiger charge is 2.19. The summed E-state index contributed by atoms with van der Waals surface area (Å²) >= 11 is 0. The van der Waals surface area contributed by atoms with Gasteiger partial charge in [0.2, 0.25) is 0 Å². The van der Waals surface area contributed by atoms with Crippen molar-refractivity contribution >= 4 is 5.97 Å². The second-order valence-electron chi connectivity index (χ2n) is 3.43. The predicted molar refractivity (Wildman–Crippen MR) is 54.8 cm³/mol. The fraction of sp³-hybridized carbons (Fsp3) is 0.364.